The Morgan fingerprint density at radius 1 is 1.38 bits per heavy atom. The second-order valence-electron chi connectivity index (χ2n) is 9.10. The maximum absolute atomic E-state index is 12.2. The average Bonchev–Trinajstić information content (AvgIpc) is 2.51. The first-order valence-corrected chi connectivity index (χ1v) is 12.7. The Hall–Kier alpha value is -1.14. The summed E-state index contributed by atoms with van der Waals surface area (Å²) in [5.74, 6) is -0.204. The van der Waals surface area contributed by atoms with E-state index in [9.17, 15) is 9.59 Å². The summed E-state index contributed by atoms with van der Waals surface area (Å²) in [4.78, 5) is 24.1. The molecule has 1 N–H and O–H groups in total. The smallest absolute Gasteiger partial charge is 0.309 e. The van der Waals surface area contributed by atoms with Crippen molar-refractivity contribution in [2.75, 3.05) is 6.61 Å². The molecule has 1 saturated heterocycles. The zero-order valence-corrected chi connectivity index (χ0v) is 18.3. The van der Waals surface area contributed by atoms with E-state index in [0.29, 0.717) is 13.0 Å². The van der Waals surface area contributed by atoms with Crippen molar-refractivity contribution in [3.05, 3.63) is 11.6 Å². The molecule has 0 bridgehead atoms. The number of allylic oxidation sites excluding steroid dienone is 1. The topological polar surface area (TPSA) is 64.6 Å². The second-order valence-corrected chi connectivity index (χ2v) is 13.9. The number of hydrogen-bond acceptors (Lipinski definition) is 4. The Balaban J connectivity index is 2.01. The number of carbonyl (C=O) groups excluding carboxylic acids is 2. The molecule has 5 nitrogen and oxygen atoms in total. The number of amides is 1. The summed E-state index contributed by atoms with van der Waals surface area (Å²) in [7, 11) is -1.92. The Bertz CT molecular complexity index is 579. The molecule has 1 heterocycles. The summed E-state index contributed by atoms with van der Waals surface area (Å²) in [5.41, 5.74) is 1.24. The zero-order valence-electron chi connectivity index (χ0n) is 17.3. The summed E-state index contributed by atoms with van der Waals surface area (Å²) in [5, 5.41) is 3.17. The molecular weight excluding hydrogens is 346 g/mol. The highest BCUT2D eigenvalue weighted by molar-refractivity contribution is 6.74. The van der Waals surface area contributed by atoms with Crippen LogP contribution in [0.15, 0.2) is 11.6 Å². The Morgan fingerprint density at radius 3 is 2.50 bits per heavy atom. The largest absolute Gasteiger partial charge is 0.466 e. The molecule has 1 fully saturated rings. The molecule has 1 aliphatic carbocycles. The van der Waals surface area contributed by atoms with Gasteiger partial charge in [-0.1, -0.05) is 32.4 Å². The van der Waals surface area contributed by atoms with Crippen LogP contribution in [-0.4, -0.2) is 38.9 Å². The minimum atomic E-state index is -1.92. The van der Waals surface area contributed by atoms with Gasteiger partial charge in [0.2, 0.25) is 5.91 Å². The first-order valence-electron chi connectivity index (χ1n) is 9.81. The molecule has 148 valence electrons. The summed E-state index contributed by atoms with van der Waals surface area (Å²) >= 11 is 0. The van der Waals surface area contributed by atoms with E-state index in [-0.39, 0.29) is 40.9 Å². The van der Waals surface area contributed by atoms with Crippen LogP contribution in [0.4, 0.5) is 0 Å². The third kappa shape index (κ3) is 4.39. The molecule has 6 heteroatoms. The van der Waals surface area contributed by atoms with Gasteiger partial charge in [0, 0.05) is 0 Å². The molecule has 2 rings (SSSR count). The van der Waals surface area contributed by atoms with E-state index in [1.54, 1.807) is 0 Å². The van der Waals surface area contributed by atoms with Crippen molar-refractivity contribution in [2.24, 2.45) is 11.8 Å². The van der Waals surface area contributed by atoms with Gasteiger partial charge in [0.15, 0.2) is 8.32 Å². The fourth-order valence-corrected chi connectivity index (χ4v) is 4.96. The van der Waals surface area contributed by atoms with E-state index in [2.05, 4.69) is 45.3 Å². The van der Waals surface area contributed by atoms with Crippen LogP contribution in [0.3, 0.4) is 0 Å². The van der Waals surface area contributed by atoms with Gasteiger partial charge in [0.25, 0.3) is 0 Å². The lowest BCUT2D eigenvalue weighted by Gasteiger charge is -2.46. The first-order chi connectivity index (χ1) is 12.0. The van der Waals surface area contributed by atoms with Crippen LogP contribution in [0, 0.1) is 11.8 Å². The molecule has 2 unspecified atom stereocenters. The maximum atomic E-state index is 12.2. The van der Waals surface area contributed by atoms with Crippen molar-refractivity contribution in [1.82, 2.24) is 5.32 Å². The molecule has 2 aliphatic rings. The fourth-order valence-electron chi connectivity index (χ4n) is 3.53. The number of β-lactam (4-membered cyclic amide) rings is 1. The highest BCUT2D eigenvalue weighted by atomic mass is 28.4. The first kappa shape index (κ1) is 21.2. The molecule has 1 amide bonds. The number of esters is 1. The molecular formula is C20H35NO4Si. The summed E-state index contributed by atoms with van der Waals surface area (Å²) < 4.78 is 11.6. The highest BCUT2D eigenvalue weighted by Gasteiger charge is 2.48. The van der Waals surface area contributed by atoms with Crippen LogP contribution >= 0.6 is 0 Å². The number of carbonyl (C=O) groups is 2. The van der Waals surface area contributed by atoms with Gasteiger partial charge in [-0.15, -0.1) is 0 Å². The SMILES string of the molecule is CCOC(=O)C1CC=C([C@H]2NC(=O)[C@@H]2C(C)O[Si](C)(C)C(C)(C)C)CC1. The van der Waals surface area contributed by atoms with Gasteiger partial charge in [0.1, 0.15) is 0 Å². The normalized spacial score (nSPS) is 27.9. The quantitative estimate of drug-likeness (QED) is 0.329. The van der Waals surface area contributed by atoms with Gasteiger partial charge in [-0.3, -0.25) is 9.59 Å². The van der Waals surface area contributed by atoms with Crippen LogP contribution in [-0.2, 0) is 18.8 Å². The van der Waals surface area contributed by atoms with Crippen molar-refractivity contribution in [1.29, 1.82) is 0 Å². The van der Waals surface area contributed by atoms with Gasteiger partial charge in [-0.05, 0) is 51.2 Å². The molecule has 4 atom stereocenters. The lowest BCUT2D eigenvalue weighted by Crippen LogP contribution is -2.64. The monoisotopic (exact) mass is 381 g/mol. The van der Waals surface area contributed by atoms with Crippen LogP contribution in [0.25, 0.3) is 0 Å². The molecule has 0 aromatic carbocycles. The average molecular weight is 382 g/mol. The Morgan fingerprint density at radius 2 is 2.04 bits per heavy atom. The third-order valence-corrected chi connectivity index (χ3v) is 10.8. The van der Waals surface area contributed by atoms with Crippen molar-refractivity contribution >= 4 is 20.2 Å². The molecule has 0 spiro atoms. The summed E-state index contributed by atoms with van der Waals surface area (Å²) in [6.45, 7) is 15.4. The number of rotatable bonds is 6. The van der Waals surface area contributed by atoms with E-state index in [0.717, 1.165) is 12.8 Å². The summed E-state index contributed by atoms with van der Waals surface area (Å²) in [6.07, 6.45) is 4.35. The van der Waals surface area contributed by atoms with Crippen molar-refractivity contribution in [3.63, 3.8) is 0 Å². The summed E-state index contributed by atoms with van der Waals surface area (Å²) in [6, 6.07) is 0.0467. The van der Waals surface area contributed by atoms with Crippen LogP contribution in [0.5, 0.6) is 0 Å². The van der Waals surface area contributed by atoms with Crippen LogP contribution in [0.1, 0.15) is 53.9 Å². The minimum Gasteiger partial charge on any atom is -0.466 e. The van der Waals surface area contributed by atoms with Gasteiger partial charge in [-0.2, -0.15) is 0 Å². The number of nitrogens with one attached hydrogen (secondary N) is 1. The molecule has 0 aromatic heterocycles. The van der Waals surface area contributed by atoms with E-state index >= 15 is 0 Å². The van der Waals surface area contributed by atoms with E-state index < -0.39 is 8.32 Å². The molecule has 0 saturated carbocycles. The lowest BCUT2D eigenvalue weighted by molar-refractivity contribution is -0.148. The van der Waals surface area contributed by atoms with Crippen molar-refractivity contribution in [3.8, 4) is 0 Å². The van der Waals surface area contributed by atoms with Gasteiger partial charge < -0.3 is 14.5 Å². The minimum absolute atomic E-state index is 0.0467. The van der Waals surface area contributed by atoms with Gasteiger partial charge >= 0.3 is 5.97 Å². The van der Waals surface area contributed by atoms with Crippen LogP contribution in [0.2, 0.25) is 18.1 Å². The standard InChI is InChI=1S/C20H35NO4Si/c1-8-24-19(23)15-11-9-14(10-12-15)17-16(18(22)21-17)13(2)25-26(6,7)20(3,4)5/h9,13,15-17H,8,10-12H2,1-7H3,(H,21,22)/t13?,15?,16-,17-/m1/s1. The Labute approximate surface area is 159 Å². The Kier molecular flexibility index (Phi) is 6.39. The zero-order chi connectivity index (χ0) is 19.7. The predicted molar refractivity (Wildman–Crippen MR) is 105 cm³/mol. The fraction of sp³-hybridized carbons (Fsp3) is 0.800. The van der Waals surface area contributed by atoms with Crippen LogP contribution < -0.4 is 5.32 Å². The lowest BCUT2D eigenvalue weighted by atomic mass is 9.76. The van der Waals surface area contributed by atoms with Gasteiger partial charge in [0.05, 0.1) is 30.6 Å². The van der Waals surface area contributed by atoms with Crippen molar-refractivity contribution in [2.45, 2.75) is 84.2 Å². The van der Waals surface area contributed by atoms with E-state index in [1.165, 1.54) is 5.57 Å². The maximum Gasteiger partial charge on any atom is 0.309 e. The second kappa shape index (κ2) is 7.85. The number of hydrogen-bond donors (Lipinski definition) is 1. The predicted octanol–water partition coefficient (Wildman–Crippen LogP) is 3.80. The molecule has 0 radical (unpaired) electrons. The van der Waals surface area contributed by atoms with Gasteiger partial charge in [-0.25, -0.2) is 0 Å². The number of ether oxygens (including phenoxy) is 1. The molecule has 0 aromatic rings. The van der Waals surface area contributed by atoms with E-state index in [1.807, 2.05) is 13.8 Å². The van der Waals surface area contributed by atoms with Crippen molar-refractivity contribution < 1.29 is 18.8 Å². The van der Waals surface area contributed by atoms with E-state index in [4.69, 9.17) is 9.16 Å². The molecule has 26 heavy (non-hydrogen) atoms. The third-order valence-electron chi connectivity index (χ3n) is 6.22. The molecule has 1 aliphatic heterocycles. The highest BCUT2D eigenvalue weighted by Crippen LogP contribution is 2.40.